The average molecular weight is 777 g/mol. The molecule has 0 aliphatic carbocycles. The predicted molar refractivity (Wildman–Crippen MR) is 252 cm³/mol. The molecule has 0 N–H and O–H groups in total. The molecule has 2 heterocycles. The minimum atomic E-state index is 1.11. The van der Waals surface area contributed by atoms with Crippen molar-refractivity contribution in [1.82, 2.24) is 0 Å². The van der Waals surface area contributed by atoms with Gasteiger partial charge in [0.2, 0.25) is 0 Å². The Morgan fingerprint density at radius 1 is 0.259 bits per heavy atom. The van der Waals surface area contributed by atoms with Crippen molar-refractivity contribution in [3.8, 4) is 22.3 Å². The van der Waals surface area contributed by atoms with Crippen molar-refractivity contribution in [3.63, 3.8) is 0 Å². The molecule has 4 heteroatoms. The average Bonchev–Trinajstić information content (AvgIpc) is 3.88. The summed E-state index contributed by atoms with van der Waals surface area (Å²) in [5.74, 6) is 0. The first-order valence-corrected chi connectivity index (χ1v) is 21.2. The third kappa shape index (κ3) is 6.02. The van der Waals surface area contributed by atoms with Gasteiger partial charge in [0, 0.05) is 64.1 Å². The normalized spacial score (nSPS) is 11.4. The number of hydrogen-bond acceptors (Lipinski definition) is 4. The van der Waals surface area contributed by atoms with E-state index in [1.54, 1.807) is 0 Å². The molecule has 11 rings (SSSR count). The molecule has 0 fully saturated rings. The Bertz CT molecular complexity index is 3200. The zero-order valence-corrected chi connectivity index (χ0v) is 33.1. The fourth-order valence-corrected chi connectivity index (χ4v) is 10.8. The first kappa shape index (κ1) is 34.3. The number of benzene rings is 9. The molecule has 0 aliphatic heterocycles. The van der Waals surface area contributed by atoms with Gasteiger partial charge in [-0.15, -0.1) is 22.7 Å². The van der Waals surface area contributed by atoms with E-state index >= 15 is 0 Å². The lowest BCUT2D eigenvalue weighted by atomic mass is 10.0. The highest BCUT2D eigenvalue weighted by atomic mass is 32.1. The second-order valence-electron chi connectivity index (χ2n) is 14.5. The van der Waals surface area contributed by atoms with Gasteiger partial charge in [0.15, 0.2) is 0 Å². The van der Waals surface area contributed by atoms with Crippen LogP contribution in [0, 0.1) is 0 Å². The third-order valence-electron chi connectivity index (χ3n) is 11.1. The molecule has 0 bridgehead atoms. The van der Waals surface area contributed by atoms with Crippen LogP contribution in [0.5, 0.6) is 0 Å². The van der Waals surface area contributed by atoms with Crippen LogP contribution in [-0.4, -0.2) is 0 Å². The lowest BCUT2D eigenvalue weighted by molar-refractivity contribution is 1.28. The Balaban J connectivity index is 0.919. The number of hydrogen-bond donors (Lipinski definition) is 0. The van der Waals surface area contributed by atoms with Gasteiger partial charge in [-0.3, -0.25) is 0 Å². The highest BCUT2D eigenvalue weighted by Gasteiger charge is 2.19. The Kier molecular flexibility index (Phi) is 8.58. The van der Waals surface area contributed by atoms with Gasteiger partial charge in [-0.25, -0.2) is 0 Å². The third-order valence-corrected chi connectivity index (χ3v) is 13.5. The summed E-state index contributed by atoms with van der Waals surface area (Å²) < 4.78 is 5.26. The molecule has 0 amide bonds. The number of nitrogens with zero attached hydrogens (tertiary/aromatic N) is 2. The second kappa shape index (κ2) is 14.5. The van der Waals surface area contributed by atoms with Crippen LogP contribution in [0.15, 0.2) is 218 Å². The fraction of sp³-hybridized carbons (Fsp3) is 0. The predicted octanol–water partition coefficient (Wildman–Crippen LogP) is 16.7. The van der Waals surface area contributed by atoms with E-state index in [1.807, 2.05) is 22.7 Å². The van der Waals surface area contributed by atoms with Gasteiger partial charge < -0.3 is 9.80 Å². The first-order chi connectivity index (χ1) is 28.8. The van der Waals surface area contributed by atoms with Crippen molar-refractivity contribution in [2.24, 2.45) is 0 Å². The SMILES string of the molecule is c1ccc(N(c2ccc(-c3ccc(N(c4ccccc4)c4cccc5c4sc4ccccc45)cc3)cc2)c2ccc(-c3cccc4c3sc3ccccc34)cc2)cc1. The van der Waals surface area contributed by atoms with Crippen molar-refractivity contribution in [1.29, 1.82) is 0 Å². The van der Waals surface area contributed by atoms with Crippen molar-refractivity contribution in [2.45, 2.75) is 0 Å². The van der Waals surface area contributed by atoms with E-state index in [1.165, 1.54) is 68.3 Å². The monoisotopic (exact) mass is 776 g/mol. The summed E-state index contributed by atoms with van der Waals surface area (Å²) in [6, 6.07) is 79.1. The van der Waals surface area contributed by atoms with Gasteiger partial charge in [0.05, 0.1) is 10.4 Å². The lowest BCUT2D eigenvalue weighted by Gasteiger charge is -2.26. The van der Waals surface area contributed by atoms with E-state index in [4.69, 9.17) is 0 Å². The van der Waals surface area contributed by atoms with Crippen molar-refractivity contribution in [2.75, 3.05) is 9.80 Å². The summed E-state index contributed by atoms with van der Waals surface area (Å²) >= 11 is 3.74. The summed E-state index contributed by atoms with van der Waals surface area (Å²) in [6.07, 6.45) is 0. The van der Waals surface area contributed by atoms with Gasteiger partial charge in [0.25, 0.3) is 0 Å². The molecule has 0 radical (unpaired) electrons. The Labute approximate surface area is 345 Å². The summed E-state index contributed by atoms with van der Waals surface area (Å²) in [5, 5.41) is 5.24. The fourth-order valence-electron chi connectivity index (χ4n) is 8.31. The second-order valence-corrected chi connectivity index (χ2v) is 16.6. The molecule has 0 spiro atoms. The summed E-state index contributed by atoms with van der Waals surface area (Å²) in [4.78, 5) is 4.72. The van der Waals surface area contributed by atoms with Crippen LogP contribution in [-0.2, 0) is 0 Å². The highest BCUT2D eigenvalue weighted by molar-refractivity contribution is 7.26. The Morgan fingerprint density at radius 2 is 0.655 bits per heavy atom. The van der Waals surface area contributed by atoms with E-state index < -0.39 is 0 Å². The molecule has 2 aromatic heterocycles. The minimum Gasteiger partial charge on any atom is -0.311 e. The zero-order chi connectivity index (χ0) is 38.4. The standard InChI is InChI=1S/C54H36N2S2/c1-3-13-40(14-4-1)55(43-35-29-39(30-36-43)45-19-11-20-48-46-17-7-9-23-51(46)57-53(45)48)42-31-25-37(26-32-42)38-27-33-44(34-28-38)56(41-15-5-2-6-16-41)50-22-12-21-49-47-18-8-10-24-52(47)58-54(49)50/h1-36H. The molecular weight excluding hydrogens is 741 g/mol. The number of anilines is 6. The topological polar surface area (TPSA) is 6.48 Å². The zero-order valence-electron chi connectivity index (χ0n) is 31.5. The van der Waals surface area contributed by atoms with E-state index in [0.717, 1.165) is 28.4 Å². The molecule has 11 aromatic rings. The maximum Gasteiger partial charge on any atom is 0.0640 e. The number of thiophene rings is 2. The quantitative estimate of drug-likeness (QED) is 0.152. The van der Waals surface area contributed by atoms with E-state index in [2.05, 4.69) is 228 Å². The molecule has 2 nitrogen and oxygen atoms in total. The molecule has 0 aliphatic rings. The maximum atomic E-state index is 2.39. The smallest absolute Gasteiger partial charge is 0.0640 e. The van der Waals surface area contributed by atoms with Crippen LogP contribution < -0.4 is 9.80 Å². The molecule has 0 saturated heterocycles. The molecule has 0 atom stereocenters. The Morgan fingerprint density at radius 3 is 1.22 bits per heavy atom. The summed E-state index contributed by atoms with van der Waals surface area (Å²) in [6.45, 7) is 0. The van der Waals surface area contributed by atoms with Crippen LogP contribution in [0.1, 0.15) is 0 Å². The molecular formula is C54H36N2S2. The van der Waals surface area contributed by atoms with Crippen molar-refractivity contribution in [3.05, 3.63) is 218 Å². The molecule has 9 aromatic carbocycles. The van der Waals surface area contributed by atoms with Crippen molar-refractivity contribution < 1.29 is 0 Å². The Hall–Kier alpha value is -6.98. The molecule has 0 unspecified atom stereocenters. The van der Waals surface area contributed by atoms with E-state index in [0.29, 0.717) is 0 Å². The van der Waals surface area contributed by atoms with Crippen LogP contribution >= 0.6 is 22.7 Å². The highest BCUT2D eigenvalue weighted by Crippen LogP contribution is 2.46. The number of para-hydroxylation sites is 2. The van der Waals surface area contributed by atoms with Crippen molar-refractivity contribution >= 4 is 97.1 Å². The van der Waals surface area contributed by atoms with Gasteiger partial charge in [0.1, 0.15) is 0 Å². The van der Waals surface area contributed by atoms with Gasteiger partial charge in [-0.1, -0.05) is 140 Å². The van der Waals surface area contributed by atoms with Gasteiger partial charge in [-0.05, 0) is 101 Å². The van der Waals surface area contributed by atoms with Gasteiger partial charge >= 0.3 is 0 Å². The van der Waals surface area contributed by atoms with Crippen LogP contribution in [0.2, 0.25) is 0 Å². The first-order valence-electron chi connectivity index (χ1n) is 19.6. The largest absolute Gasteiger partial charge is 0.311 e. The lowest BCUT2D eigenvalue weighted by Crippen LogP contribution is -2.10. The molecule has 274 valence electrons. The molecule has 0 saturated carbocycles. The maximum absolute atomic E-state index is 2.39. The summed E-state index contributed by atoms with van der Waals surface area (Å²) in [7, 11) is 0. The minimum absolute atomic E-state index is 1.11. The van der Waals surface area contributed by atoms with Crippen LogP contribution in [0.3, 0.4) is 0 Å². The van der Waals surface area contributed by atoms with E-state index in [-0.39, 0.29) is 0 Å². The summed E-state index contributed by atoms with van der Waals surface area (Å²) in [5.41, 5.74) is 11.6. The molecule has 58 heavy (non-hydrogen) atoms. The number of fused-ring (bicyclic) bond motifs is 6. The number of rotatable bonds is 8. The van der Waals surface area contributed by atoms with Crippen LogP contribution in [0.25, 0.3) is 62.6 Å². The van der Waals surface area contributed by atoms with Crippen LogP contribution in [0.4, 0.5) is 34.1 Å². The van der Waals surface area contributed by atoms with Gasteiger partial charge in [-0.2, -0.15) is 0 Å². The van der Waals surface area contributed by atoms with E-state index in [9.17, 15) is 0 Å².